The summed E-state index contributed by atoms with van der Waals surface area (Å²) in [5.41, 5.74) is 1.54. The third kappa shape index (κ3) is 5.54. The highest BCUT2D eigenvalue weighted by Crippen LogP contribution is 2.24. The summed E-state index contributed by atoms with van der Waals surface area (Å²) >= 11 is 1.44. The fourth-order valence-corrected chi connectivity index (χ4v) is 4.36. The van der Waals surface area contributed by atoms with Gasteiger partial charge in [-0.2, -0.15) is 5.26 Å². The fourth-order valence-electron chi connectivity index (χ4n) is 3.66. The van der Waals surface area contributed by atoms with Gasteiger partial charge in [-0.1, -0.05) is 13.8 Å². The highest BCUT2D eigenvalue weighted by Gasteiger charge is 2.23. The molecule has 0 spiro atoms. The van der Waals surface area contributed by atoms with Gasteiger partial charge in [0.15, 0.2) is 11.2 Å². The number of thiazole rings is 1. The molecule has 1 amide bonds. The van der Waals surface area contributed by atoms with Crippen LogP contribution in [0.1, 0.15) is 38.4 Å². The molecule has 0 unspecified atom stereocenters. The number of ether oxygens (including phenoxy) is 1. The second kappa shape index (κ2) is 9.18. The minimum atomic E-state index is -0.663. The molecule has 0 saturated carbocycles. The van der Waals surface area contributed by atoms with Crippen molar-refractivity contribution >= 4 is 22.4 Å². The molecule has 148 valence electrons. The average molecular weight is 399 g/mol. The molecule has 0 bridgehead atoms. The number of carbonyl (C=O) groups excluding carboxylic acids is 1. The standard InChI is InChI=1S/C21H26N4O2S/c1-14-8-15(2)11-25(10-14)12-18-13-28-21(23-18)24-20(26)16(3)27-19-6-4-17(9-22)5-7-19/h4-7,13-16H,8,10-12H2,1-3H3,(H,23,24,26)/t14-,15-,16+/m1/s1. The average Bonchev–Trinajstić information content (AvgIpc) is 3.08. The summed E-state index contributed by atoms with van der Waals surface area (Å²) in [5, 5.41) is 14.3. The Morgan fingerprint density at radius 2 is 2.04 bits per heavy atom. The second-order valence-corrected chi connectivity index (χ2v) is 8.53. The summed E-state index contributed by atoms with van der Waals surface area (Å²) in [5.74, 6) is 1.73. The van der Waals surface area contributed by atoms with Gasteiger partial charge in [-0.05, 0) is 49.4 Å². The first-order valence-corrected chi connectivity index (χ1v) is 10.5. The van der Waals surface area contributed by atoms with Gasteiger partial charge in [-0.25, -0.2) is 4.98 Å². The zero-order chi connectivity index (χ0) is 20.1. The van der Waals surface area contributed by atoms with E-state index in [-0.39, 0.29) is 5.91 Å². The van der Waals surface area contributed by atoms with Crippen LogP contribution in [0.2, 0.25) is 0 Å². The molecule has 6 nitrogen and oxygen atoms in total. The lowest BCUT2D eigenvalue weighted by atomic mass is 9.92. The number of benzene rings is 1. The molecule has 7 heteroatoms. The second-order valence-electron chi connectivity index (χ2n) is 7.67. The Labute approximate surface area is 170 Å². The van der Waals surface area contributed by atoms with Crippen molar-refractivity contribution in [2.45, 2.75) is 39.8 Å². The number of rotatable bonds is 6. The number of amides is 1. The molecular weight excluding hydrogens is 372 g/mol. The first-order valence-electron chi connectivity index (χ1n) is 9.57. The van der Waals surface area contributed by atoms with Crippen LogP contribution in [0.25, 0.3) is 0 Å². The summed E-state index contributed by atoms with van der Waals surface area (Å²) in [7, 11) is 0. The number of nitrogens with one attached hydrogen (secondary N) is 1. The summed E-state index contributed by atoms with van der Waals surface area (Å²) < 4.78 is 5.65. The van der Waals surface area contributed by atoms with Crippen LogP contribution in [-0.4, -0.2) is 35.0 Å². The van der Waals surface area contributed by atoms with Crippen molar-refractivity contribution in [3.05, 3.63) is 40.9 Å². The molecule has 1 fully saturated rings. The number of nitrogens with zero attached hydrogens (tertiary/aromatic N) is 3. The Morgan fingerprint density at radius 3 is 2.68 bits per heavy atom. The molecule has 0 radical (unpaired) electrons. The zero-order valence-corrected chi connectivity index (χ0v) is 17.3. The van der Waals surface area contributed by atoms with Gasteiger partial charge < -0.3 is 4.74 Å². The predicted molar refractivity (Wildman–Crippen MR) is 110 cm³/mol. The van der Waals surface area contributed by atoms with Gasteiger partial charge in [0.1, 0.15) is 5.75 Å². The minimum Gasteiger partial charge on any atom is -0.481 e. The monoisotopic (exact) mass is 398 g/mol. The molecular formula is C21H26N4O2S. The van der Waals surface area contributed by atoms with Crippen LogP contribution in [0.15, 0.2) is 29.6 Å². The lowest BCUT2D eigenvalue weighted by Gasteiger charge is -2.34. The van der Waals surface area contributed by atoms with Crippen LogP contribution >= 0.6 is 11.3 Å². The molecule has 1 aromatic heterocycles. The SMILES string of the molecule is C[C@@H]1C[C@@H](C)CN(Cc2csc(NC(=O)[C@H](C)Oc3ccc(C#N)cc3)n2)C1. The predicted octanol–water partition coefficient (Wildman–Crippen LogP) is 3.90. The number of hydrogen-bond donors (Lipinski definition) is 1. The quantitative estimate of drug-likeness (QED) is 0.798. The minimum absolute atomic E-state index is 0.245. The van der Waals surface area contributed by atoms with Crippen molar-refractivity contribution in [2.24, 2.45) is 11.8 Å². The number of likely N-dealkylation sites (tertiary alicyclic amines) is 1. The van der Waals surface area contributed by atoms with E-state index >= 15 is 0 Å². The van der Waals surface area contributed by atoms with Crippen molar-refractivity contribution in [3.63, 3.8) is 0 Å². The zero-order valence-electron chi connectivity index (χ0n) is 16.5. The summed E-state index contributed by atoms with van der Waals surface area (Å²) in [4.78, 5) is 19.4. The van der Waals surface area contributed by atoms with Crippen LogP contribution in [0.3, 0.4) is 0 Å². The highest BCUT2D eigenvalue weighted by atomic mass is 32.1. The van der Waals surface area contributed by atoms with E-state index < -0.39 is 6.10 Å². The van der Waals surface area contributed by atoms with E-state index in [1.165, 1.54) is 17.8 Å². The number of nitriles is 1. The lowest BCUT2D eigenvalue weighted by Crippen LogP contribution is -2.38. The largest absolute Gasteiger partial charge is 0.481 e. The maximum atomic E-state index is 12.4. The smallest absolute Gasteiger partial charge is 0.266 e. The number of piperidine rings is 1. The molecule has 2 aromatic rings. The number of aromatic nitrogens is 1. The molecule has 1 aliphatic rings. The Balaban J connectivity index is 1.52. The van der Waals surface area contributed by atoms with Crippen LogP contribution in [0.5, 0.6) is 5.75 Å². The first kappa shape index (κ1) is 20.3. The Bertz CT molecular complexity index is 833. The maximum Gasteiger partial charge on any atom is 0.266 e. The maximum absolute atomic E-state index is 12.4. The van der Waals surface area contributed by atoms with Gasteiger partial charge in [-0.3, -0.25) is 15.0 Å². The van der Waals surface area contributed by atoms with Gasteiger partial charge in [0.05, 0.1) is 17.3 Å². The number of anilines is 1. The molecule has 1 aromatic carbocycles. The Morgan fingerprint density at radius 1 is 1.36 bits per heavy atom. The topological polar surface area (TPSA) is 78.3 Å². The van der Waals surface area contributed by atoms with E-state index in [0.29, 0.717) is 28.3 Å². The van der Waals surface area contributed by atoms with Crippen molar-refractivity contribution in [1.82, 2.24) is 9.88 Å². The van der Waals surface area contributed by atoms with Gasteiger partial charge in [0, 0.05) is 25.0 Å². The highest BCUT2D eigenvalue weighted by molar-refractivity contribution is 7.13. The van der Waals surface area contributed by atoms with Crippen molar-refractivity contribution in [1.29, 1.82) is 5.26 Å². The summed E-state index contributed by atoms with van der Waals surface area (Å²) in [6.07, 6.45) is 0.621. The molecule has 1 saturated heterocycles. The van der Waals surface area contributed by atoms with Crippen LogP contribution in [-0.2, 0) is 11.3 Å². The third-order valence-electron chi connectivity index (χ3n) is 4.78. The van der Waals surface area contributed by atoms with E-state index in [1.54, 1.807) is 31.2 Å². The summed E-state index contributed by atoms with van der Waals surface area (Å²) in [6.45, 7) is 9.30. The van der Waals surface area contributed by atoms with Gasteiger partial charge >= 0.3 is 0 Å². The number of hydrogen-bond acceptors (Lipinski definition) is 6. The van der Waals surface area contributed by atoms with E-state index in [9.17, 15) is 4.79 Å². The summed E-state index contributed by atoms with van der Waals surface area (Å²) in [6, 6.07) is 8.75. The van der Waals surface area contributed by atoms with Crippen LogP contribution in [0.4, 0.5) is 5.13 Å². The lowest BCUT2D eigenvalue weighted by molar-refractivity contribution is -0.122. The van der Waals surface area contributed by atoms with Gasteiger partial charge in [0.2, 0.25) is 0 Å². The van der Waals surface area contributed by atoms with Crippen LogP contribution < -0.4 is 10.1 Å². The molecule has 1 N–H and O–H groups in total. The third-order valence-corrected chi connectivity index (χ3v) is 5.58. The molecule has 0 aliphatic carbocycles. The van der Waals surface area contributed by atoms with E-state index in [2.05, 4.69) is 35.1 Å². The van der Waals surface area contributed by atoms with E-state index in [0.717, 1.165) is 25.3 Å². The van der Waals surface area contributed by atoms with Gasteiger partial charge in [-0.15, -0.1) is 11.3 Å². The molecule has 3 rings (SSSR count). The fraction of sp³-hybridized carbons (Fsp3) is 0.476. The first-order chi connectivity index (χ1) is 13.4. The Kier molecular flexibility index (Phi) is 6.65. The van der Waals surface area contributed by atoms with E-state index in [1.807, 2.05) is 5.38 Å². The molecule has 2 heterocycles. The van der Waals surface area contributed by atoms with E-state index in [4.69, 9.17) is 10.00 Å². The molecule has 1 aliphatic heterocycles. The Hall–Kier alpha value is -2.43. The van der Waals surface area contributed by atoms with Gasteiger partial charge in [0.25, 0.3) is 5.91 Å². The van der Waals surface area contributed by atoms with Crippen molar-refractivity contribution in [3.8, 4) is 11.8 Å². The number of carbonyl (C=O) groups is 1. The molecule has 28 heavy (non-hydrogen) atoms. The normalized spacial score (nSPS) is 20.9. The van der Waals surface area contributed by atoms with Crippen molar-refractivity contribution in [2.75, 3.05) is 18.4 Å². The van der Waals surface area contributed by atoms with Crippen molar-refractivity contribution < 1.29 is 9.53 Å². The van der Waals surface area contributed by atoms with Crippen LogP contribution in [0, 0.1) is 23.2 Å². The molecule has 3 atom stereocenters.